The highest BCUT2D eigenvalue weighted by Crippen LogP contribution is 2.18. The quantitative estimate of drug-likeness (QED) is 0.846. The molecule has 0 spiro atoms. The lowest BCUT2D eigenvalue weighted by atomic mass is 10.1. The summed E-state index contributed by atoms with van der Waals surface area (Å²) in [5.41, 5.74) is 0.947. The molecule has 0 saturated heterocycles. The Labute approximate surface area is 106 Å². The van der Waals surface area contributed by atoms with Crippen LogP contribution in [-0.4, -0.2) is 22.4 Å². The van der Waals surface area contributed by atoms with Crippen LogP contribution in [0.5, 0.6) is 5.75 Å². The number of nitrogens with zero attached hydrogens (tertiary/aromatic N) is 2. The number of hydrogen-bond donors (Lipinski definition) is 2. The van der Waals surface area contributed by atoms with Gasteiger partial charge in [-0.25, -0.2) is 0 Å². The van der Waals surface area contributed by atoms with E-state index in [1.165, 1.54) is 0 Å². The number of phenols is 1. The summed E-state index contributed by atoms with van der Waals surface area (Å²) >= 11 is 0. The summed E-state index contributed by atoms with van der Waals surface area (Å²) in [4.78, 5) is 0. The van der Waals surface area contributed by atoms with Crippen LogP contribution in [0.15, 0.2) is 28.7 Å². The first-order chi connectivity index (χ1) is 8.72. The first-order valence-corrected chi connectivity index (χ1v) is 6.00. The molecular formula is C13H17N3O2. The van der Waals surface area contributed by atoms with Gasteiger partial charge in [0, 0.05) is 0 Å². The smallest absolute Gasteiger partial charge is 0.233 e. The minimum Gasteiger partial charge on any atom is -0.508 e. The van der Waals surface area contributed by atoms with E-state index in [4.69, 9.17) is 4.42 Å². The zero-order valence-corrected chi connectivity index (χ0v) is 10.6. The summed E-state index contributed by atoms with van der Waals surface area (Å²) in [6, 6.07) is 7.13. The van der Waals surface area contributed by atoms with Crippen molar-refractivity contribution in [1.82, 2.24) is 15.5 Å². The third kappa shape index (κ3) is 2.87. The molecule has 1 heterocycles. The highest BCUT2D eigenvalue weighted by Gasteiger charge is 2.14. The largest absolute Gasteiger partial charge is 0.508 e. The molecule has 0 aliphatic heterocycles. The molecule has 5 nitrogen and oxygen atoms in total. The molecule has 2 aromatic rings. The summed E-state index contributed by atoms with van der Waals surface area (Å²) in [5.74, 6) is 1.41. The highest BCUT2D eigenvalue weighted by atomic mass is 16.4. The molecule has 0 aliphatic rings. The van der Waals surface area contributed by atoms with E-state index in [2.05, 4.69) is 22.4 Å². The molecule has 18 heavy (non-hydrogen) atoms. The predicted octanol–water partition coefficient (Wildman–Crippen LogP) is 2.04. The van der Waals surface area contributed by atoms with Crippen molar-refractivity contribution < 1.29 is 9.52 Å². The third-order valence-electron chi connectivity index (χ3n) is 2.80. The van der Waals surface area contributed by atoms with Gasteiger partial charge in [-0.05, 0) is 31.2 Å². The van der Waals surface area contributed by atoms with Gasteiger partial charge in [-0.3, -0.25) is 0 Å². The van der Waals surface area contributed by atoms with Crippen molar-refractivity contribution in [1.29, 1.82) is 0 Å². The van der Waals surface area contributed by atoms with Crippen molar-refractivity contribution in [2.75, 3.05) is 7.05 Å². The van der Waals surface area contributed by atoms with Crippen LogP contribution < -0.4 is 5.32 Å². The zero-order valence-electron chi connectivity index (χ0n) is 10.6. The van der Waals surface area contributed by atoms with E-state index in [1.54, 1.807) is 18.2 Å². The van der Waals surface area contributed by atoms with Crippen molar-refractivity contribution in [3.8, 4) is 5.75 Å². The molecule has 0 fully saturated rings. The van der Waals surface area contributed by atoms with E-state index in [1.807, 2.05) is 13.1 Å². The van der Waals surface area contributed by atoms with E-state index in [0.29, 0.717) is 18.2 Å². The molecule has 1 aromatic carbocycles. The van der Waals surface area contributed by atoms with Crippen LogP contribution in [0.3, 0.4) is 0 Å². The number of phenolic OH excluding ortho intramolecular Hbond substituents is 1. The van der Waals surface area contributed by atoms with Gasteiger partial charge in [0.2, 0.25) is 11.8 Å². The molecule has 1 atom stereocenters. The highest BCUT2D eigenvalue weighted by molar-refractivity contribution is 5.28. The fraction of sp³-hybridized carbons (Fsp3) is 0.385. The Hall–Kier alpha value is -1.88. The number of benzene rings is 1. The van der Waals surface area contributed by atoms with Gasteiger partial charge in [0.1, 0.15) is 5.75 Å². The summed E-state index contributed by atoms with van der Waals surface area (Å²) in [6.45, 7) is 2.06. The topological polar surface area (TPSA) is 71.2 Å². The second-order valence-corrected chi connectivity index (χ2v) is 4.13. The van der Waals surface area contributed by atoms with Crippen molar-refractivity contribution in [2.24, 2.45) is 0 Å². The molecular weight excluding hydrogens is 230 g/mol. The Morgan fingerprint density at radius 1 is 1.39 bits per heavy atom. The van der Waals surface area contributed by atoms with Crippen LogP contribution in [0.2, 0.25) is 0 Å². The minimum atomic E-state index is 0.0930. The Balaban J connectivity index is 2.11. The maximum Gasteiger partial charge on any atom is 0.233 e. The molecule has 1 aromatic heterocycles. The second-order valence-electron chi connectivity index (χ2n) is 4.13. The Morgan fingerprint density at radius 2 is 2.22 bits per heavy atom. The number of hydrogen-bond acceptors (Lipinski definition) is 5. The SMILES string of the molecule is CCC(NC)c1nnc(Cc2cccc(O)c2)o1. The molecule has 2 rings (SSSR count). The lowest BCUT2D eigenvalue weighted by Gasteiger charge is -2.07. The zero-order chi connectivity index (χ0) is 13.0. The fourth-order valence-corrected chi connectivity index (χ4v) is 1.82. The van der Waals surface area contributed by atoms with Crippen molar-refractivity contribution in [3.63, 3.8) is 0 Å². The monoisotopic (exact) mass is 247 g/mol. The molecule has 0 amide bonds. The fourth-order valence-electron chi connectivity index (χ4n) is 1.82. The molecule has 0 radical (unpaired) electrons. The van der Waals surface area contributed by atoms with Crippen molar-refractivity contribution >= 4 is 0 Å². The van der Waals surface area contributed by atoms with Crippen LogP contribution in [0, 0.1) is 0 Å². The van der Waals surface area contributed by atoms with E-state index in [9.17, 15) is 5.11 Å². The Bertz CT molecular complexity index is 506. The summed E-state index contributed by atoms with van der Waals surface area (Å²) in [5, 5.41) is 20.6. The van der Waals surface area contributed by atoms with Gasteiger partial charge in [0.05, 0.1) is 12.5 Å². The predicted molar refractivity (Wildman–Crippen MR) is 67.3 cm³/mol. The van der Waals surface area contributed by atoms with E-state index in [0.717, 1.165) is 12.0 Å². The van der Waals surface area contributed by atoms with Gasteiger partial charge in [-0.15, -0.1) is 10.2 Å². The number of aromatic hydroxyl groups is 1. The van der Waals surface area contributed by atoms with Crippen LogP contribution >= 0.6 is 0 Å². The summed E-state index contributed by atoms with van der Waals surface area (Å²) in [6.07, 6.45) is 1.42. The second kappa shape index (κ2) is 5.64. The van der Waals surface area contributed by atoms with Gasteiger partial charge in [-0.2, -0.15) is 0 Å². The lowest BCUT2D eigenvalue weighted by molar-refractivity contribution is 0.390. The standard InChI is InChI=1S/C13H17N3O2/c1-3-11(14-2)13-16-15-12(18-13)8-9-5-4-6-10(17)7-9/h4-7,11,14,17H,3,8H2,1-2H3. The average Bonchev–Trinajstić information content (AvgIpc) is 2.79. The first-order valence-electron chi connectivity index (χ1n) is 6.00. The number of rotatable bonds is 5. The summed E-state index contributed by atoms with van der Waals surface area (Å²) < 4.78 is 5.61. The van der Waals surface area contributed by atoms with Crippen LogP contribution in [0.1, 0.15) is 36.7 Å². The average molecular weight is 247 g/mol. The Morgan fingerprint density at radius 3 is 2.89 bits per heavy atom. The van der Waals surface area contributed by atoms with Gasteiger partial charge in [-0.1, -0.05) is 19.1 Å². The van der Waals surface area contributed by atoms with Crippen molar-refractivity contribution in [3.05, 3.63) is 41.6 Å². The Kier molecular flexibility index (Phi) is 3.94. The molecule has 0 saturated carbocycles. The molecule has 5 heteroatoms. The molecule has 96 valence electrons. The number of nitrogens with one attached hydrogen (secondary N) is 1. The molecule has 0 bridgehead atoms. The first kappa shape index (κ1) is 12.6. The van der Waals surface area contributed by atoms with Crippen LogP contribution in [0.25, 0.3) is 0 Å². The molecule has 2 N–H and O–H groups in total. The van der Waals surface area contributed by atoms with Gasteiger partial charge in [0.15, 0.2) is 0 Å². The minimum absolute atomic E-state index is 0.0930. The lowest BCUT2D eigenvalue weighted by Crippen LogP contribution is -2.15. The van der Waals surface area contributed by atoms with E-state index >= 15 is 0 Å². The van der Waals surface area contributed by atoms with Crippen LogP contribution in [0.4, 0.5) is 0 Å². The third-order valence-corrected chi connectivity index (χ3v) is 2.80. The maximum absolute atomic E-state index is 9.38. The number of aromatic nitrogens is 2. The van der Waals surface area contributed by atoms with Gasteiger partial charge >= 0.3 is 0 Å². The van der Waals surface area contributed by atoms with Crippen molar-refractivity contribution in [2.45, 2.75) is 25.8 Å². The van der Waals surface area contributed by atoms with Gasteiger partial charge in [0.25, 0.3) is 0 Å². The maximum atomic E-state index is 9.38. The van der Waals surface area contributed by atoms with E-state index < -0.39 is 0 Å². The van der Waals surface area contributed by atoms with E-state index in [-0.39, 0.29) is 11.8 Å². The normalized spacial score (nSPS) is 12.6. The molecule has 0 aliphatic carbocycles. The molecule has 1 unspecified atom stereocenters. The van der Waals surface area contributed by atoms with Crippen LogP contribution in [-0.2, 0) is 6.42 Å². The van der Waals surface area contributed by atoms with Gasteiger partial charge < -0.3 is 14.8 Å². The summed E-state index contributed by atoms with van der Waals surface area (Å²) in [7, 11) is 1.87.